The van der Waals surface area contributed by atoms with Crippen molar-refractivity contribution in [3.8, 4) is 23.0 Å². The average Bonchev–Trinajstić information content (AvgIpc) is 2.99. The van der Waals surface area contributed by atoms with Crippen LogP contribution in [-0.4, -0.2) is 28.4 Å². The molecule has 0 aliphatic carbocycles. The molecule has 1 heterocycles. The van der Waals surface area contributed by atoms with Crippen molar-refractivity contribution >= 4 is 20.9 Å². The number of aryl methyl sites for hydroxylation is 1. The maximum atomic E-state index is 12.4. The predicted octanol–water partition coefficient (Wildman–Crippen LogP) is 7.88. The van der Waals surface area contributed by atoms with Crippen LogP contribution in [0.4, 0.5) is 0 Å². The van der Waals surface area contributed by atoms with Gasteiger partial charge in [0.25, 0.3) is 0 Å². The number of nitrogens with zero attached hydrogens (tertiary/aromatic N) is 1. The van der Waals surface area contributed by atoms with E-state index < -0.39 is 20.9 Å². The first kappa shape index (κ1) is 31.1. The number of ether oxygens (including phenoxy) is 2. The van der Waals surface area contributed by atoms with E-state index >= 15 is 0 Å². The molecular weight excluding hydrogens is 595 g/mol. The first-order chi connectivity index (χ1) is 20.9. The van der Waals surface area contributed by atoms with Gasteiger partial charge in [0.2, 0.25) is 0 Å². The zero-order chi connectivity index (χ0) is 31.5. The summed E-state index contributed by atoms with van der Waals surface area (Å²) in [6.45, 7) is 6.05. The Labute approximate surface area is 260 Å². The molecule has 0 bridgehead atoms. The number of aromatic nitrogens is 1. The molecular formula is C35H33NO6S2. The van der Waals surface area contributed by atoms with Gasteiger partial charge in [0.15, 0.2) is 20.9 Å². The third-order valence-electron chi connectivity index (χ3n) is 7.52. The zero-order valence-electron chi connectivity index (χ0n) is 24.9. The van der Waals surface area contributed by atoms with Gasteiger partial charge in [-0.05, 0) is 95.4 Å². The molecule has 0 radical (unpaired) electrons. The molecule has 0 spiro atoms. The van der Waals surface area contributed by atoms with E-state index in [0.29, 0.717) is 39.9 Å². The minimum Gasteiger partial charge on any atom is -0.457 e. The van der Waals surface area contributed by atoms with Gasteiger partial charge in [-0.25, -0.2) is 12.6 Å². The molecule has 1 N–H and O–H groups in total. The summed E-state index contributed by atoms with van der Waals surface area (Å²) in [6.07, 6.45) is 5.03. The van der Waals surface area contributed by atoms with Gasteiger partial charge < -0.3 is 14.0 Å². The Balaban J connectivity index is 1.31. The van der Waals surface area contributed by atoms with E-state index in [-0.39, 0.29) is 10.3 Å². The molecule has 44 heavy (non-hydrogen) atoms. The van der Waals surface area contributed by atoms with Crippen LogP contribution in [0.25, 0.3) is 0 Å². The van der Waals surface area contributed by atoms with Gasteiger partial charge in [-0.2, -0.15) is 0 Å². The van der Waals surface area contributed by atoms with E-state index in [9.17, 15) is 17.2 Å². The van der Waals surface area contributed by atoms with Gasteiger partial charge >= 0.3 is 0 Å². The monoisotopic (exact) mass is 627 g/mol. The van der Waals surface area contributed by atoms with Crippen LogP contribution in [0.15, 0.2) is 119 Å². The molecule has 0 aliphatic heterocycles. The number of benzene rings is 4. The van der Waals surface area contributed by atoms with E-state index in [2.05, 4.69) is 18.8 Å². The molecule has 1 atom stereocenters. The fourth-order valence-electron chi connectivity index (χ4n) is 4.99. The Morgan fingerprint density at radius 2 is 1.34 bits per heavy atom. The SMILES string of the molecule is Cc1ccc(Oc2ccc(C(C)(C)c3ccc(Oc4ccc(S(C)(=O)=O)c(Cc5cccnc5)c4)cc3)cc2)cc1S(=O)O. The van der Waals surface area contributed by atoms with Crippen LogP contribution in [-0.2, 0) is 32.8 Å². The van der Waals surface area contributed by atoms with Crippen LogP contribution in [0.5, 0.6) is 23.0 Å². The minimum atomic E-state index is -3.42. The highest BCUT2D eigenvalue weighted by Crippen LogP contribution is 2.35. The summed E-state index contributed by atoms with van der Waals surface area (Å²) in [4.78, 5) is 4.73. The number of hydrogen-bond donors (Lipinski definition) is 1. The third-order valence-corrected chi connectivity index (χ3v) is 9.53. The highest BCUT2D eigenvalue weighted by molar-refractivity contribution is 7.90. The number of hydrogen-bond acceptors (Lipinski definition) is 6. The van der Waals surface area contributed by atoms with Crippen molar-refractivity contribution in [2.24, 2.45) is 0 Å². The van der Waals surface area contributed by atoms with Crippen LogP contribution in [0.2, 0.25) is 0 Å². The summed E-state index contributed by atoms with van der Waals surface area (Å²) >= 11 is -2.09. The lowest BCUT2D eigenvalue weighted by atomic mass is 9.78. The fourth-order valence-corrected chi connectivity index (χ4v) is 6.47. The summed E-state index contributed by atoms with van der Waals surface area (Å²) in [6, 6.07) is 29.5. The molecule has 0 saturated heterocycles. The molecule has 4 aromatic carbocycles. The van der Waals surface area contributed by atoms with Crippen LogP contribution >= 0.6 is 0 Å². The molecule has 1 unspecified atom stereocenters. The van der Waals surface area contributed by atoms with Gasteiger partial charge in [-0.1, -0.05) is 50.2 Å². The average molecular weight is 628 g/mol. The van der Waals surface area contributed by atoms with E-state index in [1.165, 1.54) is 6.26 Å². The summed E-state index contributed by atoms with van der Waals surface area (Å²) in [5, 5.41) is 0. The molecule has 226 valence electrons. The smallest absolute Gasteiger partial charge is 0.186 e. The molecule has 1 aromatic heterocycles. The maximum Gasteiger partial charge on any atom is 0.186 e. The Kier molecular flexibility index (Phi) is 9.01. The second-order valence-electron chi connectivity index (χ2n) is 11.1. The van der Waals surface area contributed by atoms with Crippen molar-refractivity contribution in [1.29, 1.82) is 0 Å². The van der Waals surface area contributed by atoms with Crippen LogP contribution < -0.4 is 9.47 Å². The molecule has 0 saturated carbocycles. The standard InChI is InChI=1S/C35H33NO6S2/c1-24-7-12-32(22-33(24)43(37)38)42-30-15-10-28(11-16-30)35(2,3)27-8-13-29(14-9-27)41-31-17-18-34(44(4,39)40)26(21-31)20-25-6-5-19-36-23-25/h5-19,21-23H,20H2,1-4H3,(H,37,38). The number of sulfone groups is 1. The minimum absolute atomic E-state index is 0.271. The first-order valence-electron chi connectivity index (χ1n) is 13.9. The summed E-state index contributed by atoms with van der Waals surface area (Å²) in [7, 11) is -3.42. The number of pyridine rings is 1. The topological polar surface area (TPSA) is 103 Å². The first-order valence-corrected chi connectivity index (χ1v) is 16.9. The summed E-state index contributed by atoms with van der Waals surface area (Å²) < 4.78 is 58.0. The van der Waals surface area contributed by atoms with E-state index in [1.807, 2.05) is 60.7 Å². The molecule has 0 fully saturated rings. The second kappa shape index (κ2) is 12.7. The van der Waals surface area contributed by atoms with Gasteiger partial charge in [-0.3, -0.25) is 4.98 Å². The molecule has 5 aromatic rings. The lowest BCUT2D eigenvalue weighted by Crippen LogP contribution is -2.18. The summed E-state index contributed by atoms with van der Waals surface area (Å²) in [5.74, 6) is 2.29. The zero-order valence-corrected chi connectivity index (χ0v) is 26.5. The number of rotatable bonds is 10. The Bertz CT molecular complexity index is 1900. The molecule has 7 nitrogen and oxygen atoms in total. The van der Waals surface area contributed by atoms with E-state index in [0.717, 1.165) is 22.3 Å². The quantitative estimate of drug-likeness (QED) is 0.157. The van der Waals surface area contributed by atoms with Crippen molar-refractivity contribution in [3.05, 3.63) is 137 Å². The molecule has 5 rings (SSSR count). The Morgan fingerprint density at radius 3 is 1.86 bits per heavy atom. The van der Waals surface area contributed by atoms with Crippen molar-refractivity contribution in [1.82, 2.24) is 4.98 Å². The van der Waals surface area contributed by atoms with E-state index in [4.69, 9.17) is 9.47 Å². The van der Waals surface area contributed by atoms with Crippen molar-refractivity contribution < 1.29 is 26.7 Å². The lowest BCUT2D eigenvalue weighted by Gasteiger charge is -2.26. The Hall–Kier alpha value is -4.31. The van der Waals surface area contributed by atoms with Crippen molar-refractivity contribution in [2.75, 3.05) is 6.26 Å². The van der Waals surface area contributed by atoms with Crippen molar-refractivity contribution in [3.63, 3.8) is 0 Å². The van der Waals surface area contributed by atoms with Crippen LogP contribution in [0.3, 0.4) is 0 Å². The molecule has 9 heteroatoms. The third kappa shape index (κ3) is 7.24. The van der Waals surface area contributed by atoms with Gasteiger partial charge in [0.05, 0.1) is 9.79 Å². The second-order valence-corrected chi connectivity index (χ2v) is 14.1. The summed E-state index contributed by atoms with van der Waals surface area (Å²) in [5.41, 5.74) is 4.12. The highest BCUT2D eigenvalue weighted by Gasteiger charge is 2.23. The van der Waals surface area contributed by atoms with Gasteiger partial charge in [-0.15, -0.1) is 0 Å². The van der Waals surface area contributed by atoms with E-state index in [1.54, 1.807) is 55.7 Å². The molecule has 0 amide bonds. The predicted molar refractivity (Wildman–Crippen MR) is 172 cm³/mol. The van der Waals surface area contributed by atoms with Crippen LogP contribution in [0, 0.1) is 6.92 Å². The van der Waals surface area contributed by atoms with Gasteiger partial charge in [0.1, 0.15) is 23.0 Å². The Morgan fingerprint density at radius 1 is 0.795 bits per heavy atom. The normalized spacial score (nSPS) is 12.5. The highest BCUT2D eigenvalue weighted by atomic mass is 32.2. The van der Waals surface area contributed by atoms with Crippen molar-refractivity contribution in [2.45, 2.75) is 42.4 Å². The lowest BCUT2D eigenvalue weighted by molar-refractivity contribution is 0.479. The molecule has 0 aliphatic rings. The fraction of sp³-hybridized carbons (Fsp3) is 0.171. The maximum absolute atomic E-state index is 12.4. The largest absolute Gasteiger partial charge is 0.457 e. The van der Waals surface area contributed by atoms with Crippen LogP contribution in [0.1, 0.15) is 41.7 Å². The van der Waals surface area contributed by atoms with Gasteiger partial charge in [0, 0.05) is 30.5 Å².